The van der Waals surface area contributed by atoms with E-state index in [-0.39, 0.29) is 5.75 Å². The first kappa shape index (κ1) is 12.7. The van der Waals surface area contributed by atoms with Gasteiger partial charge in [0, 0.05) is 22.8 Å². The summed E-state index contributed by atoms with van der Waals surface area (Å²) in [6.45, 7) is 0.471. The second-order valence-corrected chi connectivity index (χ2v) is 4.60. The molecule has 18 heavy (non-hydrogen) atoms. The van der Waals surface area contributed by atoms with E-state index in [9.17, 15) is 5.11 Å². The Hall–Kier alpha value is -1.75. The third-order valence-electron chi connectivity index (χ3n) is 2.46. The van der Waals surface area contributed by atoms with Gasteiger partial charge in [0.25, 0.3) is 0 Å². The van der Waals surface area contributed by atoms with Crippen LogP contribution < -0.4 is 10.1 Å². The van der Waals surface area contributed by atoms with E-state index in [1.807, 2.05) is 24.3 Å². The van der Waals surface area contributed by atoms with Crippen LogP contribution in [0.3, 0.4) is 0 Å². The molecule has 0 aliphatic carbocycles. The lowest BCUT2D eigenvalue weighted by molar-refractivity contribution is 0.370. The first-order valence-electron chi connectivity index (χ1n) is 5.41. The van der Waals surface area contributed by atoms with Crippen molar-refractivity contribution in [3.63, 3.8) is 0 Å². The number of aromatic hydroxyl groups is 1. The van der Waals surface area contributed by atoms with Gasteiger partial charge in [0.15, 0.2) is 11.5 Å². The molecule has 0 aliphatic rings. The van der Waals surface area contributed by atoms with Crippen molar-refractivity contribution in [3.8, 4) is 11.5 Å². The number of nitrogens with zero attached hydrogens (tertiary/aromatic N) is 1. The number of benzene rings is 1. The number of nitrogens with one attached hydrogen (secondary N) is 1. The van der Waals surface area contributed by atoms with Crippen molar-refractivity contribution in [3.05, 3.63) is 46.6 Å². The molecular weight excluding hydrogens is 296 g/mol. The number of methoxy groups -OCH3 is 1. The fraction of sp³-hybridized carbons (Fsp3) is 0.154. The van der Waals surface area contributed by atoms with Gasteiger partial charge in [-0.3, -0.25) is 0 Å². The molecule has 0 atom stereocenters. The van der Waals surface area contributed by atoms with Crippen molar-refractivity contribution in [1.82, 2.24) is 4.98 Å². The number of phenolic OH excluding ortho intramolecular Hbond substituents is 1. The van der Waals surface area contributed by atoms with Gasteiger partial charge >= 0.3 is 0 Å². The Bertz CT molecular complexity index is 532. The maximum atomic E-state index is 9.99. The van der Waals surface area contributed by atoms with E-state index in [2.05, 4.69) is 26.2 Å². The van der Waals surface area contributed by atoms with E-state index >= 15 is 0 Å². The molecular formula is C13H13BrN2O2. The average Bonchev–Trinajstić information content (AvgIpc) is 2.40. The number of aromatic nitrogens is 1. The van der Waals surface area contributed by atoms with Gasteiger partial charge in [-0.25, -0.2) is 4.98 Å². The Morgan fingerprint density at radius 3 is 2.89 bits per heavy atom. The van der Waals surface area contributed by atoms with Crippen LogP contribution in [0.4, 0.5) is 5.82 Å². The van der Waals surface area contributed by atoms with Crippen LogP contribution in [-0.2, 0) is 6.54 Å². The smallest absolute Gasteiger partial charge is 0.162 e. The number of hydrogen-bond acceptors (Lipinski definition) is 4. The summed E-state index contributed by atoms with van der Waals surface area (Å²) in [4.78, 5) is 4.15. The molecule has 0 radical (unpaired) electrons. The van der Waals surface area contributed by atoms with Crippen LogP contribution in [0.15, 0.2) is 41.0 Å². The molecule has 5 heteroatoms. The molecule has 0 unspecified atom stereocenters. The first-order chi connectivity index (χ1) is 8.70. The quantitative estimate of drug-likeness (QED) is 0.911. The number of phenols is 1. The van der Waals surface area contributed by atoms with Crippen molar-refractivity contribution in [1.29, 1.82) is 0 Å². The zero-order valence-corrected chi connectivity index (χ0v) is 11.4. The highest BCUT2D eigenvalue weighted by molar-refractivity contribution is 9.10. The summed E-state index contributed by atoms with van der Waals surface area (Å²) < 4.78 is 5.95. The lowest BCUT2D eigenvalue weighted by Crippen LogP contribution is -2.02. The molecule has 0 bridgehead atoms. The summed E-state index contributed by atoms with van der Waals surface area (Å²) in [7, 11) is 1.53. The van der Waals surface area contributed by atoms with Gasteiger partial charge in [-0.15, -0.1) is 0 Å². The Morgan fingerprint density at radius 1 is 1.39 bits per heavy atom. The highest BCUT2D eigenvalue weighted by Gasteiger charge is 2.09. The van der Waals surface area contributed by atoms with Crippen LogP contribution in [0.25, 0.3) is 0 Å². The van der Waals surface area contributed by atoms with E-state index in [1.54, 1.807) is 12.3 Å². The third-order valence-corrected chi connectivity index (χ3v) is 2.92. The van der Waals surface area contributed by atoms with Crippen molar-refractivity contribution in [2.24, 2.45) is 0 Å². The molecule has 0 aliphatic heterocycles. The lowest BCUT2D eigenvalue weighted by atomic mass is 10.2. The summed E-state index contributed by atoms with van der Waals surface area (Å²) in [5.74, 6) is 1.35. The van der Waals surface area contributed by atoms with Crippen molar-refractivity contribution in [2.45, 2.75) is 6.54 Å². The van der Waals surface area contributed by atoms with Crippen LogP contribution >= 0.6 is 15.9 Å². The van der Waals surface area contributed by atoms with Gasteiger partial charge in [0.2, 0.25) is 0 Å². The van der Waals surface area contributed by atoms with E-state index < -0.39 is 0 Å². The number of ether oxygens (including phenoxy) is 1. The zero-order valence-electron chi connectivity index (χ0n) is 9.85. The van der Waals surface area contributed by atoms with Gasteiger partial charge < -0.3 is 15.2 Å². The van der Waals surface area contributed by atoms with E-state index in [1.165, 1.54) is 7.11 Å². The van der Waals surface area contributed by atoms with Crippen LogP contribution in [0, 0.1) is 0 Å². The fourth-order valence-corrected chi connectivity index (χ4v) is 2.06. The number of pyridine rings is 1. The van der Waals surface area contributed by atoms with Crippen LogP contribution in [0.2, 0.25) is 0 Å². The van der Waals surface area contributed by atoms with Crippen LogP contribution in [-0.4, -0.2) is 17.2 Å². The molecule has 0 saturated carbocycles. The fourth-order valence-electron chi connectivity index (χ4n) is 1.57. The number of rotatable bonds is 4. The van der Waals surface area contributed by atoms with Crippen molar-refractivity contribution in [2.75, 3.05) is 12.4 Å². The molecule has 94 valence electrons. The molecule has 4 nitrogen and oxygen atoms in total. The SMILES string of the molecule is COc1cc(Br)cc(CNc2ccccn2)c1O. The molecule has 0 saturated heterocycles. The first-order valence-corrected chi connectivity index (χ1v) is 6.20. The average molecular weight is 309 g/mol. The summed E-state index contributed by atoms with van der Waals surface area (Å²) in [6.07, 6.45) is 1.71. The number of hydrogen-bond donors (Lipinski definition) is 2. The Kier molecular flexibility index (Phi) is 4.04. The minimum absolute atomic E-state index is 0.143. The predicted octanol–water partition coefficient (Wildman–Crippen LogP) is 3.17. The Balaban J connectivity index is 2.17. The molecule has 1 aromatic heterocycles. The summed E-state index contributed by atoms with van der Waals surface area (Å²) >= 11 is 3.38. The van der Waals surface area contributed by atoms with Crippen molar-refractivity contribution < 1.29 is 9.84 Å². The molecule has 1 heterocycles. The van der Waals surface area contributed by atoms with Gasteiger partial charge in [0.1, 0.15) is 5.82 Å². The molecule has 0 amide bonds. The van der Waals surface area contributed by atoms with Crippen molar-refractivity contribution >= 4 is 21.7 Å². The maximum absolute atomic E-state index is 9.99. The number of halogens is 1. The summed E-state index contributed by atoms with van der Waals surface area (Å²) in [5, 5.41) is 13.1. The second kappa shape index (κ2) is 5.73. The highest BCUT2D eigenvalue weighted by atomic mass is 79.9. The summed E-state index contributed by atoms with van der Waals surface area (Å²) in [5.41, 5.74) is 0.742. The molecule has 2 rings (SSSR count). The normalized spacial score (nSPS) is 10.1. The molecule has 1 aromatic carbocycles. The predicted molar refractivity (Wildman–Crippen MR) is 73.9 cm³/mol. The Morgan fingerprint density at radius 2 is 2.22 bits per heavy atom. The molecule has 2 aromatic rings. The largest absolute Gasteiger partial charge is 0.504 e. The molecule has 0 spiro atoms. The van der Waals surface area contributed by atoms with E-state index in [0.717, 1.165) is 15.9 Å². The van der Waals surface area contributed by atoms with E-state index in [0.29, 0.717) is 12.3 Å². The second-order valence-electron chi connectivity index (χ2n) is 3.68. The molecule has 0 fully saturated rings. The maximum Gasteiger partial charge on any atom is 0.162 e. The minimum Gasteiger partial charge on any atom is -0.504 e. The van der Waals surface area contributed by atoms with Gasteiger partial charge in [-0.1, -0.05) is 22.0 Å². The molecule has 2 N–H and O–H groups in total. The number of anilines is 1. The van der Waals surface area contributed by atoms with Crippen LogP contribution in [0.5, 0.6) is 11.5 Å². The minimum atomic E-state index is 0.143. The third kappa shape index (κ3) is 2.92. The monoisotopic (exact) mass is 308 g/mol. The van der Waals surface area contributed by atoms with Gasteiger partial charge in [-0.2, -0.15) is 0 Å². The zero-order chi connectivity index (χ0) is 13.0. The topological polar surface area (TPSA) is 54.4 Å². The lowest BCUT2D eigenvalue weighted by Gasteiger charge is -2.11. The Labute approximate surface area is 114 Å². The highest BCUT2D eigenvalue weighted by Crippen LogP contribution is 2.33. The van der Waals surface area contributed by atoms with Gasteiger partial charge in [0.05, 0.1) is 7.11 Å². The summed E-state index contributed by atoms with van der Waals surface area (Å²) in [6, 6.07) is 9.18. The standard InChI is InChI=1S/C13H13BrN2O2/c1-18-11-7-10(14)6-9(13(11)17)8-16-12-4-2-3-5-15-12/h2-7,17H,8H2,1H3,(H,15,16). The van der Waals surface area contributed by atoms with E-state index in [4.69, 9.17) is 4.74 Å². The van der Waals surface area contributed by atoms with Gasteiger partial charge in [-0.05, 0) is 24.3 Å². The van der Waals surface area contributed by atoms with Crippen LogP contribution in [0.1, 0.15) is 5.56 Å².